The third-order valence-corrected chi connectivity index (χ3v) is 4.25. The average molecular weight is 247 g/mol. The monoisotopic (exact) mass is 247 g/mol. The molecule has 1 aromatic rings. The molecular formula is C16H27N2+. The lowest BCUT2D eigenvalue weighted by atomic mass is 10.0. The second-order valence-electron chi connectivity index (χ2n) is 6.42. The van der Waals surface area contributed by atoms with Crippen molar-refractivity contribution in [2.75, 3.05) is 40.3 Å². The third-order valence-electron chi connectivity index (χ3n) is 4.25. The molecule has 1 aliphatic heterocycles. The smallest absolute Gasteiger partial charge is 0.104 e. The molecule has 1 heterocycles. The van der Waals surface area contributed by atoms with Gasteiger partial charge in [0.2, 0.25) is 0 Å². The summed E-state index contributed by atoms with van der Waals surface area (Å²) in [6.45, 7) is 10.7. The van der Waals surface area contributed by atoms with Crippen LogP contribution in [0.4, 0.5) is 0 Å². The Hall–Kier alpha value is -0.860. The van der Waals surface area contributed by atoms with Crippen LogP contribution >= 0.6 is 0 Å². The van der Waals surface area contributed by atoms with Crippen LogP contribution in [0.5, 0.6) is 0 Å². The van der Waals surface area contributed by atoms with Crippen molar-refractivity contribution in [2.24, 2.45) is 0 Å². The average Bonchev–Trinajstić information content (AvgIpc) is 2.34. The summed E-state index contributed by atoms with van der Waals surface area (Å²) in [6.07, 6.45) is 0. The molecule has 0 spiro atoms. The third kappa shape index (κ3) is 3.33. The lowest BCUT2D eigenvalue weighted by Gasteiger charge is -2.41. The summed E-state index contributed by atoms with van der Waals surface area (Å²) in [5.74, 6) is 0.632. The van der Waals surface area contributed by atoms with Crippen LogP contribution in [0, 0.1) is 0 Å². The number of likely N-dealkylation sites (N-methyl/N-ethyl adjacent to an activating group) is 2. The second kappa shape index (κ2) is 5.41. The topological polar surface area (TPSA) is 3.24 Å². The fourth-order valence-corrected chi connectivity index (χ4v) is 2.65. The van der Waals surface area contributed by atoms with Gasteiger partial charge in [-0.15, -0.1) is 0 Å². The molecule has 0 aliphatic carbocycles. The first-order chi connectivity index (χ1) is 8.48. The zero-order valence-corrected chi connectivity index (χ0v) is 12.3. The molecule has 1 fully saturated rings. The Kier molecular flexibility index (Phi) is 4.08. The molecule has 0 aromatic heterocycles. The van der Waals surface area contributed by atoms with Crippen molar-refractivity contribution in [1.82, 2.24) is 4.90 Å². The fourth-order valence-electron chi connectivity index (χ4n) is 2.65. The van der Waals surface area contributed by atoms with Gasteiger partial charge in [0.15, 0.2) is 0 Å². The van der Waals surface area contributed by atoms with Crippen LogP contribution < -0.4 is 0 Å². The first-order valence-electron chi connectivity index (χ1n) is 7.09. The minimum atomic E-state index is 0.632. The van der Waals surface area contributed by atoms with Crippen molar-refractivity contribution in [3.63, 3.8) is 0 Å². The van der Waals surface area contributed by atoms with Crippen molar-refractivity contribution >= 4 is 0 Å². The molecule has 18 heavy (non-hydrogen) atoms. The maximum Gasteiger partial charge on any atom is 0.104 e. The lowest BCUT2D eigenvalue weighted by molar-refractivity contribution is -0.926. The van der Waals surface area contributed by atoms with Crippen molar-refractivity contribution in [1.29, 1.82) is 0 Å². The van der Waals surface area contributed by atoms with Crippen LogP contribution in [0.3, 0.4) is 0 Å². The number of rotatable bonds is 3. The molecule has 0 atom stereocenters. The van der Waals surface area contributed by atoms with E-state index >= 15 is 0 Å². The Morgan fingerprint density at radius 2 is 1.67 bits per heavy atom. The second-order valence-corrected chi connectivity index (χ2v) is 6.42. The first kappa shape index (κ1) is 13.6. The number of quaternary nitrogens is 1. The number of piperazine rings is 1. The maximum atomic E-state index is 2.43. The Morgan fingerprint density at radius 1 is 1.11 bits per heavy atom. The number of hydrogen-bond acceptors (Lipinski definition) is 1. The summed E-state index contributed by atoms with van der Waals surface area (Å²) in [4.78, 5) is 2.43. The van der Waals surface area contributed by atoms with Crippen LogP contribution in [-0.2, 0) is 6.54 Å². The normalized spacial score (nSPS) is 20.3. The Morgan fingerprint density at radius 3 is 2.17 bits per heavy atom. The predicted octanol–water partition coefficient (Wildman–Crippen LogP) is 2.70. The Bertz CT molecular complexity index is 373. The summed E-state index contributed by atoms with van der Waals surface area (Å²) in [7, 11) is 4.62. The summed E-state index contributed by atoms with van der Waals surface area (Å²) in [5, 5.41) is 0. The van der Waals surface area contributed by atoms with E-state index in [4.69, 9.17) is 0 Å². The maximum absolute atomic E-state index is 2.43. The number of hydrogen-bond donors (Lipinski definition) is 0. The van der Waals surface area contributed by atoms with Gasteiger partial charge in [-0.3, -0.25) is 4.90 Å². The Labute approximate surface area is 112 Å². The SMILES string of the molecule is CC(C)c1ccc(C[N+]2(C)CCN(C)CC2)cc1. The summed E-state index contributed by atoms with van der Waals surface area (Å²) in [6, 6.07) is 9.22. The fraction of sp³-hybridized carbons (Fsp3) is 0.625. The van der Waals surface area contributed by atoms with Crippen LogP contribution in [0.25, 0.3) is 0 Å². The van der Waals surface area contributed by atoms with E-state index < -0.39 is 0 Å². The van der Waals surface area contributed by atoms with Crippen molar-refractivity contribution in [2.45, 2.75) is 26.3 Å². The van der Waals surface area contributed by atoms with Gasteiger partial charge in [0.25, 0.3) is 0 Å². The van der Waals surface area contributed by atoms with E-state index in [0.29, 0.717) is 5.92 Å². The zero-order valence-electron chi connectivity index (χ0n) is 12.3. The van der Waals surface area contributed by atoms with E-state index in [-0.39, 0.29) is 0 Å². The highest BCUT2D eigenvalue weighted by atomic mass is 15.4. The standard InChI is InChI=1S/C16H27N2/c1-14(2)16-7-5-15(6-8-16)13-18(4)11-9-17(3)10-12-18/h5-8,14H,9-13H2,1-4H3/q+1. The molecule has 0 saturated carbocycles. The molecule has 0 radical (unpaired) electrons. The van der Waals surface area contributed by atoms with Crippen LogP contribution in [0.2, 0.25) is 0 Å². The van der Waals surface area contributed by atoms with E-state index in [0.717, 1.165) is 0 Å². The molecule has 1 saturated heterocycles. The van der Waals surface area contributed by atoms with Gasteiger partial charge in [0, 0.05) is 18.7 Å². The molecule has 100 valence electrons. The van der Waals surface area contributed by atoms with E-state index in [1.165, 1.54) is 48.3 Å². The number of nitrogens with zero attached hydrogens (tertiary/aromatic N) is 2. The highest BCUT2D eigenvalue weighted by Crippen LogP contribution is 2.18. The van der Waals surface area contributed by atoms with Crippen molar-refractivity contribution < 1.29 is 4.48 Å². The van der Waals surface area contributed by atoms with Gasteiger partial charge in [-0.05, 0) is 18.5 Å². The van der Waals surface area contributed by atoms with Gasteiger partial charge in [0.05, 0.1) is 20.1 Å². The highest BCUT2D eigenvalue weighted by Gasteiger charge is 2.27. The zero-order chi connectivity index (χ0) is 13.2. The van der Waals surface area contributed by atoms with Crippen LogP contribution in [-0.4, -0.2) is 49.7 Å². The summed E-state index contributed by atoms with van der Waals surface area (Å²) in [5.41, 5.74) is 2.92. The molecular weight excluding hydrogens is 220 g/mol. The van der Waals surface area contributed by atoms with Gasteiger partial charge in [-0.2, -0.15) is 0 Å². The largest absolute Gasteiger partial charge is 0.320 e. The molecule has 2 heteroatoms. The minimum Gasteiger partial charge on any atom is -0.320 e. The van der Waals surface area contributed by atoms with E-state index in [9.17, 15) is 0 Å². The van der Waals surface area contributed by atoms with Crippen LogP contribution in [0.15, 0.2) is 24.3 Å². The quantitative estimate of drug-likeness (QED) is 0.742. The molecule has 1 aromatic carbocycles. The van der Waals surface area contributed by atoms with Gasteiger partial charge in [0.1, 0.15) is 6.54 Å². The molecule has 1 aliphatic rings. The van der Waals surface area contributed by atoms with E-state index in [1.807, 2.05) is 0 Å². The molecule has 0 N–H and O–H groups in total. The molecule has 2 rings (SSSR count). The van der Waals surface area contributed by atoms with Gasteiger partial charge in [-0.25, -0.2) is 0 Å². The molecule has 0 amide bonds. The Balaban J connectivity index is 2.00. The summed E-state index contributed by atoms with van der Waals surface area (Å²) < 4.78 is 1.19. The van der Waals surface area contributed by atoms with E-state index in [1.54, 1.807) is 0 Å². The van der Waals surface area contributed by atoms with Gasteiger partial charge in [-0.1, -0.05) is 38.1 Å². The highest BCUT2D eigenvalue weighted by molar-refractivity contribution is 5.24. The predicted molar refractivity (Wildman–Crippen MR) is 77.7 cm³/mol. The first-order valence-corrected chi connectivity index (χ1v) is 7.09. The van der Waals surface area contributed by atoms with Gasteiger partial charge < -0.3 is 4.48 Å². The van der Waals surface area contributed by atoms with Crippen LogP contribution in [0.1, 0.15) is 30.9 Å². The summed E-state index contributed by atoms with van der Waals surface area (Å²) >= 11 is 0. The molecule has 0 bridgehead atoms. The molecule has 2 nitrogen and oxygen atoms in total. The number of benzene rings is 1. The molecule has 0 unspecified atom stereocenters. The van der Waals surface area contributed by atoms with Crippen molar-refractivity contribution in [3.8, 4) is 0 Å². The van der Waals surface area contributed by atoms with E-state index in [2.05, 4.69) is 57.1 Å². The lowest BCUT2D eigenvalue weighted by Crippen LogP contribution is -2.55. The van der Waals surface area contributed by atoms with Gasteiger partial charge >= 0.3 is 0 Å². The minimum absolute atomic E-state index is 0.632. The van der Waals surface area contributed by atoms with Crippen molar-refractivity contribution in [3.05, 3.63) is 35.4 Å².